The molecular weight excluding hydrogens is 241 g/mol. The van der Waals surface area contributed by atoms with Gasteiger partial charge >= 0.3 is 6.18 Å². The Morgan fingerprint density at radius 2 is 2.19 bits per heavy atom. The number of aromatic nitrogens is 2. The Labute approximate surface area is 94.6 Å². The molecule has 1 aliphatic heterocycles. The Bertz CT molecular complexity index is 389. The Hall–Kier alpha value is -0.690. The highest BCUT2D eigenvalue weighted by molar-refractivity contribution is 7.98. The monoisotopic (exact) mass is 252 g/mol. The molecule has 7 heteroatoms. The second kappa shape index (κ2) is 4.29. The van der Waals surface area contributed by atoms with E-state index in [1.165, 1.54) is 16.4 Å². The average molecular weight is 252 g/mol. The highest BCUT2D eigenvalue weighted by atomic mass is 32.2. The van der Waals surface area contributed by atoms with Crippen LogP contribution in [-0.2, 0) is 24.9 Å². The van der Waals surface area contributed by atoms with E-state index >= 15 is 0 Å². The first-order valence-electron chi connectivity index (χ1n) is 4.88. The molecule has 0 atom stereocenters. The van der Waals surface area contributed by atoms with Crippen molar-refractivity contribution in [1.82, 2.24) is 9.78 Å². The lowest BCUT2D eigenvalue weighted by atomic mass is 10.1. The van der Waals surface area contributed by atoms with Gasteiger partial charge in [0.2, 0.25) is 0 Å². The van der Waals surface area contributed by atoms with Crippen molar-refractivity contribution in [2.75, 3.05) is 12.4 Å². The summed E-state index contributed by atoms with van der Waals surface area (Å²) < 4.78 is 39.3. The molecule has 1 N–H and O–H groups in total. The van der Waals surface area contributed by atoms with E-state index in [0.717, 1.165) is 5.75 Å². The third kappa shape index (κ3) is 2.06. The molecule has 3 nitrogen and oxygen atoms in total. The number of hydrogen-bond acceptors (Lipinski definition) is 3. The van der Waals surface area contributed by atoms with Crippen LogP contribution in [0.25, 0.3) is 0 Å². The van der Waals surface area contributed by atoms with Gasteiger partial charge in [-0.25, -0.2) is 0 Å². The molecule has 2 rings (SSSR count). The summed E-state index contributed by atoms with van der Waals surface area (Å²) in [6.07, 6.45) is -3.81. The number of thioether (sulfide) groups is 1. The highest BCUT2D eigenvalue weighted by Crippen LogP contribution is 2.36. The maximum atomic E-state index is 12.7. The summed E-state index contributed by atoms with van der Waals surface area (Å²) >= 11 is 1.48. The Balaban J connectivity index is 2.46. The molecule has 0 saturated carbocycles. The molecule has 1 aromatic rings. The first-order chi connectivity index (χ1) is 7.54. The Morgan fingerprint density at radius 1 is 1.44 bits per heavy atom. The van der Waals surface area contributed by atoms with E-state index < -0.39 is 11.9 Å². The van der Waals surface area contributed by atoms with Crippen LogP contribution in [0.4, 0.5) is 13.2 Å². The zero-order valence-corrected chi connectivity index (χ0v) is 9.24. The van der Waals surface area contributed by atoms with Crippen molar-refractivity contribution in [2.45, 2.75) is 24.9 Å². The smallest absolute Gasteiger partial charge is 0.394 e. The molecule has 0 saturated heterocycles. The van der Waals surface area contributed by atoms with Gasteiger partial charge in [0, 0.05) is 17.0 Å². The minimum atomic E-state index is -4.40. The zero-order chi connectivity index (χ0) is 11.8. The van der Waals surface area contributed by atoms with Gasteiger partial charge in [0.25, 0.3) is 0 Å². The molecule has 16 heavy (non-hydrogen) atoms. The molecule has 0 aliphatic carbocycles. The molecule has 0 spiro atoms. The molecule has 0 unspecified atom stereocenters. The van der Waals surface area contributed by atoms with Crippen LogP contribution in [0.2, 0.25) is 0 Å². The summed E-state index contributed by atoms with van der Waals surface area (Å²) in [5.41, 5.74) is 0.125. The molecule has 90 valence electrons. The lowest BCUT2D eigenvalue weighted by molar-refractivity contribution is -0.142. The predicted molar refractivity (Wildman–Crippen MR) is 54.2 cm³/mol. The topological polar surface area (TPSA) is 38.0 Å². The number of alkyl halides is 3. The molecule has 0 aromatic carbocycles. The maximum Gasteiger partial charge on any atom is 0.435 e. The normalized spacial score (nSPS) is 16.2. The first kappa shape index (κ1) is 11.8. The van der Waals surface area contributed by atoms with Crippen molar-refractivity contribution in [3.8, 4) is 0 Å². The molecule has 2 heterocycles. The zero-order valence-electron chi connectivity index (χ0n) is 8.42. The van der Waals surface area contributed by atoms with Crippen molar-refractivity contribution in [2.24, 2.45) is 0 Å². The third-order valence-electron chi connectivity index (χ3n) is 2.48. The van der Waals surface area contributed by atoms with E-state index in [9.17, 15) is 13.2 Å². The van der Waals surface area contributed by atoms with Crippen LogP contribution in [-0.4, -0.2) is 27.2 Å². The Kier molecular flexibility index (Phi) is 3.16. The van der Waals surface area contributed by atoms with Crippen LogP contribution in [0.15, 0.2) is 0 Å². The molecule has 0 amide bonds. The quantitative estimate of drug-likeness (QED) is 0.870. The van der Waals surface area contributed by atoms with E-state index in [0.29, 0.717) is 17.9 Å². The molecule has 0 fully saturated rings. The number of hydrogen-bond donors (Lipinski definition) is 1. The van der Waals surface area contributed by atoms with Gasteiger partial charge in [0.15, 0.2) is 5.69 Å². The number of fused-ring (bicyclic) bond motifs is 1. The number of aliphatic hydroxyl groups is 1. The van der Waals surface area contributed by atoms with Crippen LogP contribution in [0, 0.1) is 0 Å². The minimum Gasteiger partial charge on any atom is -0.394 e. The van der Waals surface area contributed by atoms with Crippen molar-refractivity contribution < 1.29 is 18.3 Å². The van der Waals surface area contributed by atoms with Gasteiger partial charge in [-0.1, -0.05) is 0 Å². The fourth-order valence-electron chi connectivity index (χ4n) is 1.82. The van der Waals surface area contributed by atoms with Gasteiger partial charge in [0.05, 0.1) is 13.2 Å². The molecule has 1 aromatic heterocycles. The SMILES string of the molecule is OCCn1nc(C(F)(F)F)c2c1CCSC2. The van der Waals surface area contributed by atoms with E-state index in [-0.39, 0.29) is 18.7 Å². The number of aliphatic hydroxyl groups excluding tert-OH is 1. The summed E-state index contributed by atoms with van der Waals surface area (Å²) in [4.78, 5) is 0. The third-order valence-corrected chi connectivity index (χ3v) is 3.46. The van der Waals surface area contributed by atoms with Crippen molar-refractivity contribution >= 4 is 11.8 Å². The van der Waals surface area contributed by atoms with Crippen molar-refractivity contribution in [1.29, 1.82) is 0 Å². The minimum absolute atomic E-state index is 0.128. The summed E-state index contributed by atoms with van der Waals surface area (Å²) in [7, 11) is 0. The van der Waals surface area contributed by atoms with Gasteiger partial charge in [-0.15, -0.1) is 0 Å². The van der Waals surface area contributed by atoms with Gasteiger partial charge < -0.3 is 5.11 Å². The molecule has 0 bridgehead atoms. The van der Waals surface area contributed by atoms with E-state index in [2.05, 4.69) is 5.10 Å². The fraction of sp³-hybridized carbons (Fsp3) is 0.667. The molecule has 0 radical (unpaired) electrons. The highest BCUT2D eigenvalue weighted by Gasteiger charge is 2.39. The predicted octanol–water partition coefficient (Wildman–Crippen LogP) is 1.68. The van der Waals surface area contributed by atoms with Gasteiger partial charge in [0.1, 0.15) is 0 Å². The van der Waals surface area contributed by atoms with Gasteiger partial charge in [-0.3, -0.25) is 4.68 Å². The second-order valence-electron chi connectivity index (χ2n) is 3.52. The number of nitrogens with zero attached hydrogens (tertiary/aromatic N) is 2. The van der Waals surface area contributed by atoms with Crippen LogP contribution in [0.5, 0.6) is 0 Å². The number of halogens is 3. The number of rotatable bonds is 2. The summed E-state index contributed by atoms with van der Waals surface area (Å²) in [5, 5.41) is 12.4. The van der Waals surface area contributed by atoms with Crippen LogP contribution in [0.1, 0.15) is 17.0 Å². The summed E-state index contributed by atoms with van der Waals surface area (Å²) in [6.45, 7) is -0.0678. The Morgan fingerprint density at radius 3 is 2.81 bits per heavy atom. The average Bonchev–Trinajstić information content (AvgIpc) is 2.58. The molecule has 1 aliphatic rings. The van der Waals surface area contributed by atoms with Gasteiger partial charge in [-0.05, 0) is 12.2 Å². The first-order valence-corrected chi connectivity index (χ1v) is 6.04. The van der Waals surface area contributed by atoms with Crippen LogP contribution in [0.3, 0.4) is 0 Å². The maximum absolute atomic E-state index is 12.7. The van der Waals surface area contributed by atoms with E-state index in [4.69, 9.17) is 5.11 Å². The fourth-order valence-corrected chi connectivity index (χ4v) is 2.81. The van der Waals surface area contributed by atoms with Crippen molar-refractivity contribution in [3.05, 3.63) is 17.0 Å². The standard InChI is InChI=1S/C9H11F3N2OS/c10-9(11,12)8-6-5-16-4-1-7(6)14(13-8)2-3-15/h15H,1-5H2. The van der Waals surface area contributed by atoms with Crippen molar-refractivity contribution in [3.63, 3.8) is 0 Å². The summed E-state index contributed by atoms with van der Waals surface area (Å²) in [5.74, 6) is 1.16. The van der Waals surface area contributed by atoms with Crippen LogP contribution < -0.4 is 0 Å². The van der Waals surface area contributed by atoms with E-state index in [1.807, 2.05) is 0 Å². The van der Waals surface area contributed by atoms with Crippen LogP contribution >= 0.6 is 11.8 Å². The van der Waals surface area contributed by atoms with Gasteiger partial charge in [-0.2, -0.15) is 30.0 Å². The van der Waals surface area contributed by atoms with E-state index in [1.54, 1.807) is 0 Å². The largest absolute Gasteiger partial charge is 0.435 e. The molecular formula is C9H11F3N2OS. The second-order valence-corrected chi connectivity index (χ2v) is 4.63. The lowest BCUT2D eigenvalue weighted by Crippen LogP contribution is -2.11. The lowest BCUT2D eigenvalue weighted by Gasteiger charge is -2.14. The summed E-state index contributed by atoms with van der Waals surface area (Å²) in [6, 6.07) is 0.